The largest absolute Gasteiger partial charge is 0.317 e. The van der Waals surface area contributed by atoms with Gasteiger partial charge in [-0.05, 0) is 81.3 Å². The molecule has 1 aromatic carbocycles. The highest BCUT2D eigenvalue weighted by atomic mass is 32.2. The Morgan fingerprint density at radius 3 is 2.52 bits per heavy atom. The summed E-state index contributed by atoms with van der Waals surface area (Å²) < 4.78 is 29.4. The van der Waals surface area contributed by atoms with Crippen molar-refractivity contribution in [1.82, 2.24) is 10.0 Å². The van der Waals surface area contributed by atoms with Gasteiger partial charge < -0.3 is 5.32 Å². The van der Waals surface area contributed by atoms with Crippen LogP contribution in [0.4, 0.5) is 0 Å². The maximum absolute atomic E-state index is 13.2. The number of piperidine rings is 1. The normalized spacial score (nSPS) is 21.8. The monoisotopic (exact) mass is 432 g/mol. The molecule has 2 aliphatic heterocycles. The molecule has 3 aliphatic rings. The topological polar surface area (TPSA) is 58.2 Å². The summed E-state index contributed by atoms with van der Waals surface area (Å²) in [4.78, 5) is 2.87. The number of thioether (sulfide) groups is 1. The summed E-state index contributed by atoms with van der Waals surface area (Å²) in [7, 11) is -3.53. The number of nitrogens with one attached hydrogen (secondary N) is 2. The van der Waals surface area contributed by atoms with Gasteiger partial charge in [-0.2, -0.15) is 0 Å². The van der Waals surface area contributed by atoms with Crippen LogP contribution in [0.2, 0.25) is 0 Å². The van der Waals surface area contributed by atoms with Crippen molar-refractivity contribution < 1.29 is 8.42 Å². The lowest BCUT2D eigenvalue weighted by Gasteiger charge is -2.43. The molecule has 0 unspecified atom stereocenters. The van der Waals surface area contributed by atoms with Gasteiger partial charge in [0.15, 0.2) is 0 Å². The summed E-state index contributed by atoms with van der Waals surface area (Å²) in [6.45, 7) is 8.19. The van der Waals surface area contributed by atoms with E-state index in [-0.39, 0.29) is 11.5 Å². The van der Waals surface area contributed by atoms with Gasteiger partial charge in [-0.15, -0.1) is 0 Å². The fourth-order valence-electron chi connectivity index (χ4n) is 5.10. The number of sulfonamides is 1. The van der Waals surface area contributed by atoms with Gasteiger partial charge in [0.1, 0.15) is 0 Å². The zero-order chi connectivity index (χ0) is 20.6. The molecular formula is C23H32N2O2S2. The lowest BCUT2D eigenvalue weighted by atomic mass is 9.68. The number of rotatable bonds is 5. The SMILES string of the molecule is CCC1(CC)C2=CCCC=C2Sc2cc(S(=O)(=O)NC3CCNCC3)c(C)cc21. The van der Waals surface area contributed by atoms with Crippen molar-refractivity contribution in [2.24, 2.45) is 0 Å². The first-order valence-electron chi connectivity index (χ1n) is 10.9. The van der Waals surface area contributed by atoms with Crippen LogP contribution in [0, 0.1) is 6.92 Å². The van der Waals surface area contributed by atoms with E-state index in [9.17, 15) is 8.42 Å². The van der Waals surface area contributed by atoms with Crippen molar-refractivity contribution in [1.29, 1.82) is 0 Å². The second-order valence-corrected chi connectivity index (χ2v) is 11.2. The molecule has 4 rings (SSSR count). The first-order chi connectivity index (χ1) is 13.9. The van der Waals surface area contributed by atoms with E-state index in [1.54, 1.807) is 11.8 Å². The fourth-order valence-corrected chi connectivity index (χ4v) is 8.10. The van der Waals surface area contributed by atoms with E-state index in [1.165, 1.54) is 16.0 Å². The summed E-state index contributed by atoms with van der Waals surface area (Å²) in [5.74, 6) is 0. The summed E-state index contributed by atoms with van der Waals surface area (Å²) in [5, 5.41) is 3.29. The van der Waals surface area contributed by atoms with Crippen LogP contribution < -0.4 is 10.0 Å². The van der Waals surface area contributed by atoms with Gasteiger partial charge in [0, 0.05) is 21.3 Å². The Hall–Kier alpha value is -1.08. The van der Waals surface area contributed by atoms with Crippen LogP contribution in [-0.2, 0) is 15.4 Å². The summed E-state index contributed by atoms with van der Waals surface area (Å²) in [6, 6.07) is 4.11. The molecule has 1 saturated heterocycles. The highest BCUT2D eigenvalue weighted by molar-refractivity contribution is 8.03. The molecular weight excluding hydrogens is 400 g/mol. The molecule has 2 N–H and O–H groups in total. The van der Waals surface area contributed by atoms with Crippen LogP contribution in [0.3, 0.4) is 0 Å². The zero-order valence-electron chi connectivity index (χ0n) is 17.7. The predicted octanol–water partition coefficient (Wildman–Crippen LogP) is 4.79. The molecule has 4 nitrogen and oxygen atoms in total. The molecule has 1 fully saturated rings. The molecule has 1 aromatic rings. The van der Waals surface area contributed by atoms with E-state index in [4.69, 9.17) is 0 Å². The Labute approximate surface area is 179 Å². The second kappa shape index (κ2) is 8.22. The van der Waals surface area contributed by atoms with Gasteiger partial charge >= 0.3 is 0 Å². The van der Waals surface area contributed by atoms with Crippen LogP contribution >= 0.6 is 11.8 Å². The predicted molar refractivity (Wildman–Crippen MR) is 121 cm³/mol. The van der Waals surface area contributed by atoms with E-state index in [1.807, 2.05) is 13.0 Å². The Balaban J connectivity index is 1.78. The van der Waals surface area contributed by atoms with E-state index in [0.29, 0.717) is 4.90 Å². The highest BCUT2D eigenvalue weighted by Crippen LogP contribution is 2.56. The number of hydrogen-bond donors (Lipinski definition) is 2. The molecule has 0 atom stereocenters. The van der Waals surface area contributed by atoms with Crippen molar-refractivity contribution in [3.05, 3.63) is 45.9 Å². The van der Waals surface area contributed by atoms with E-state index in [2.05, 4.69) is 42.1 Å². The Kier molecular flexibility index (Phi) is 6.00. The van der Waals surface area contributed by atoms with Crippen LogP contribution in [0.5, 0.6) is 0 Å². The maximum atomic E-state index is 13.2. The minimum atomic E-state index is -3.53. The van der Waals surface area contributed by atoms with E-state index >= 15 is 0 Å². The van der Waals surface area contributed by atoms with Gasteiger partial charge in [-0.3, -0.25) is 0 Å². The molecule has 0 aromatic heterocycles. The average Bonchev–Trinajstić information content (AvgIpc) is 2.72. The van der Waals surface area contributed by atoms with E-state index < -0.39 is 10.0 Å². The Morgan fingerprint density at radius 1 is 1.14 bits per heavy atom. The Morgan fingerprint density at radius 2 is 1.83 bits per heavy atom. The van der Waals surface area contributed by atoms with Crippen molar-refractivity contribution in [3.8, 4) is 0 Å². The molecule has 2 heterocycles. The molecule has 0 spiro atoms. The van der Waals surface area contributed by atoms with Crippen molar-refractivity contribution in [3.63, 3.8) is 0 Å². The first-order valence-corrected chi connectivity index (χ1v) is 13.2. The third-order valence-corrected chi connectivity index (χ3v) is 9.62. The quantitative estimate of drug-likeness (QED) is 0.702. The maximum Gasteiger partial charge on any atom is 0.241 e. The van der Waals surface area contributed by atoms with Crippen LogP contribution in [0.25, 0.3) is 0 Å². The zero-order valence-corrected chi connectivity index (χ0v) is 19.3. The lowest BCUT2D eigenvalue weighted by Crippen LogP contribution is -2.42. The van der Waals surface area contributed by atoms with Gasteiger partial charge in [0.2, 0.25) is 10.0 Å². The van der Waals surface area contributed by atoms with Crippen LogP contribution in [-0.4, -0.2) is 27.5 Å². The van der Waals surface area contributed by atoms with Crippen molar-refractivity contribution in [2.45, 2.75) is 80.5 Å². The highest BCUT2D eigenvalue weighted by Gasteiger charge is 2.41. The molecule has 0 saturated carbocycles. The summed E-state index contributed by atoms with van der Waals surface area (Å²) in [5.41, 5.74) is 3.59. The third-order valence-electron chi connectivity index (χ3n) is 6.80. The smallest absolute Gasteiger partial charge is 0.241 e. The van der Waals surface area contributed by atoms with Crippen LogP contribution in [0.1, 0.15) is 63.5 Å². The molecule has 158 valence electrons. The van der Waals surface area contributed by atoms with Gasteiger partial charge in [0.05, 0.1) is 4.90 Å². The molecule has 1 aliphatic carbocycles. The molecule has 0 bridgehead atoms. The standard InChI is InChI=1S/C23H32N2O2S2/c1-4-23(5-2)18-8-6-7-9-20(18)28-21-15-22(16(3)14-19(21)23)29(26,27)25-17-10-12-24-13-11-17/h8-9,14-15,17,24-25H,4-7,10-13H2,1-3H3. The number of aryl methyl sites for hydroxylation is 1. The Bertz CT molecular complexity index is 953. The molecule has 0 radical (unpaired) electrons. The van der Waals surface area contributed by atoms with Crippen molar-refractivity contribution in [2.75, 3.05) is 13.1 Å². The number of allylic oxidation sites excluding steroid dienone is 3. The second-order valence-electron chi connectivity index (χ2n) is 8.41. The number of fused-ring (bicyclic) bond motifs is 2. The minimum absolute atomic E-state index is 0.0116. The fraction of sp³-hybridized carbons (Fsp3) is 0.565. The van der Waals surface area contributed by atoms with Gasteiger partial charge in [0.25, 0.3) is 0 Å². The lowest BCUT2D eigenvalue weighted by molar-refractivity contribution is 0.426. The molecule has 6 heteroatoms. The van der Waals surface area contributed by atoms with Crippen molar-refractivity contribution >= 4 is 21.8 Å². The van der Waals surface area contributed by atoms with Gasteiger partial charge in [-0.25, -0.2) is 13.1 Å². The number of hydrogen-bond acceptors (Lipinski definition) is 4. The summed E-state index contributed by atoms with van der Waals surface area (Å²) >= 11 is 1.75. The molecule has 0 amide bonds. The van der Waals surface area contributed by atoms with Gasteiger partial charge in [-0.1, -0.05) is 43.8 Å². The summed E-state index contributed by atoms with van der Waals surface area (Å²) in [6.07, 6.45) is 10.7. The first kappa shape index (κ1) is 21.2. The van der Waals surface area contributed by atoms with Crippen LogP contribution in [0.15, 0.2) is 44.6 Å². The third kappa shape index (κ3) is 3.73. The molecule has 29 heavy (non-hydrogen) atoms. The average molecular weight is 433 g/mol. The number of benzene rings is 1. The van der Waals surface area contributed by atoms with E-state index in [0.717, 1.165) is 62.1 Å². The minimum Gasteiger partial charge on any atom is -0.317 e.